The molecule has 1 saturated heterocycles. The average molecular weight is 494 g/mol. The van der Waals surface area contributed by atoms with Gasteiger partial charge in [-0.05, 0) is 80.1 Å². The second-order valence-corrected chi connectivity index (χ2v) is 10.0. The van der Waals surface area contributed by atoms with Crippen molar-refractivity contribution in [3.63, 3.8) is 0 Å². The predicted octanol–water partition coefficient (Wildman–Crippen LogP) is 6.76. The van der Waals surface area contributed by atoms with Crippen LogP contribution in [0.2, 0.25) is 0 Å². The van der Waals surface area contributed by atoms with E-state index in [1.54, 1.807) is 0 Å². The second kappa shape index (κ2) is 11.0. The van der Waals surface area contributed by atoms with Crippen LogP contribution in [0.4, 0.5) is 5.69 Å². The van der Waals surface area contributed by atoms with E-state index >= 15 is 0 Å². The van der Waals surface area contributed by atoms with Crippen LogP contribution in [-0.4, -0.2) is 28.6 Å². The number of benzene rings is 3. The smallest absolute Gasteiger partial charge is 0.227 e. The van der Waals surface area contributed by atoms with Crippen molar-refractivity contribution in [3.8, 4) is 5.75 Å². The third-order valence-corrected chi connectivity index (χ3v) is 7.06. The molecule has 5 rings (SSSR count). The summed E-state index contributed by atoms with van der Waals surface area (Å²) < 4.78 is 8.42. The van der Waals surface area contributed by atoms with Gasteiger partial charge >= 0.3 is 0 Å². The molecular formula is C32H35N3O2. The summed E-state index contributed by atoms with van der Waals surface area (Å²) in [6, 6.07) is 22.8. The number of aryl methyl sites for hydroxylation is 3. The minimum Gasteiger partial charge on any atom is -0.493 e. The van der Waals surface area contributed by atoms with Crippen LogP contribution in [0, 0.1) is 13.8 Å². The number of nitrogens with zero attached hydrogens (tertiary/aromatic N) is 3. The molecule has 2 heterocycles. The summed E-state index contributed by atoms with van der Waals surface area (Å²) in [6.07, 6.45) is 5.10. The maximum absolute atomic E-state index is 13.1. The van der Waals surface area contributed by atoms with Crippen LogP contribution in [0.15, 0.2) is 79.4 Å². The van der Waals surface area contributed by atoms with Crippen molar-refractivity contribution in [2.45, 2.75) is 52.0 Å². The summed E-state index contributed by atoms with van der Waals surface area (Å²) in [7, 11) is 0. The number of allylic oxidation sites excluding steroid dienone is 1. The number of ether oxygens (including phenoxy) is 1. The highest BCUT2D eigenvalue weighted by Crippen LogP contribution is 2.34. The van der Waals surface area contributed by atoms with Crippen molar-refractivity contribution in [2.75, 3.05) is 18.1 Å². The van der Waals surface area contributed by atoms with Crippen LogP contribution in [0.1, 0.15) is 47.7 Å². The number of anilines is 1. The van der Waals surface area contributed by atoms with Gasteiger partial charge in [0.05, 0.1) is 17.6 Å². The van der Waals surface area contributed by atoms with E-state index in [0.29, 0.717) is 19.6 Å². The zero-order valence-electron chi connectivity index (χ0n) is 21.8. The van der Waals surface area contributed by atoms with Gasteiger partial charge in [-0.2, -0.15) is 0 Å². The molecule has 1 amide bonds. The Hall–Kier alpha value is -3.86. The molecule has 1 aliphatic rings. The van der Waals surface area contributed by atoms with Gasteiger partial charge in [0.2, 0.25) is 5.91 Å². The molecule has 0 spiro atoms. The summed E-state index contributed by atoms with van der Waals surface area (Å²) in [5.74, 6) is 2.19. The largest absolute Gasteiger partial charge is 0.493 e. The van der Waals surface area contributed by atoms with Crippen molar-refractivity contribution in [3.05, 3.63) is 102 Å². The molecule has 5 nitrogen and oxygen atoms in total. The van der Waals surface area contributed by atoms with E-state index in [0.717, 1.165) is 54.1 Å². The summed E-state index contributed by atoms with van der Waals surface area (Å²) in [5, 5.41) is 0. The fourth-order valence-corrected chi connectivity index (χ4v) is 5.40. The Balaban J connectivity index is 1.29. The molecule has 0 bridgehead atoms. The van der Waals surface area contributed by atoms with Crippen molar-refractivity contribution < 1.29 is 9.53 Å². The number of fused-ring (bicyclic) bond motifs is 1. The maximum atomic E-state index is 13.1. The van der Waals surface area contributed by atoms with Crippen LogP contribution in [0.25, 0.3) is 11.0 Å². The molecule has 0 radical (unpaired) electrons. The highest BCUT2D eigenvalue weighted by molar-refractivity contribution is 5.96. The van der Waals surface area contributed by atoms with E-state index < -0.39 is 0 Å². The Morgan fingerprint density at radius 3 is 2.59 bits per heavy atom. The highest BCUT2D eigenvalue weighted by atomic mass is 16.5. The molecule has 37 heavy (non-hydrogen) atoms. The Morgan fingerprint density at radius 1 is 1.03 bits per heavy atom. The molecule has 4 aromatic rings. The van der Waals surface area contributed by atoms with Crippen molar-refractivity contribution in [1.29, 1.82) is 0 Å². The molecule has 5 heteroatoms. The first-order valence-electron chi connectivity index (χ1n) is 13.2. The van der Waals surface area contributed by atoms with Crippen LogP contribution in [0.3, 0.4) is 0 Å². The number of hydrogen-bond acceptors (Lipinski definition) is 3. The van der Waals surface area contributed by atoms with E-state index in [4.69, 9.17) is 9.72 Å². The Labute approximate surface area is 219 Å². The van der Waals surface area contributed by atoms with Crippen molar-refractivity contribution in [2.24, 2.45) is 0 Å². The van der Waals surface area contributed by atoms with Gasteiger partial charge in [-0.1, -0.05) is 42.5 Å². The monoisotopic (exact) mass is 493 g/mol. The molecule has 0 N–H and O–H groups in total. The molecule has 3 aromatic carbocycles. The molecule has 1 aromatic heterocycles. The minimum absolute atomic E-state index is 0.0720. The minimum atomic E-state index is 0.0720. The Morgan fingerprint density at radius 2 is 1.78 bits per heavy atom. The number of rotatable bonds is 10. The van der Waals surface area contributed by atoms with Gasteiger partial charge in [-0.3, -0.25) is 4.79 Å². The summed E-state index contributed by atoms with van der Waals surface area (Å²) >= 11 is 0. The molecule has 190 valence electrons. The predicted molar refractivity (Wildman–Crippen MR) is 150 cm³/mol. The first-order chi connectivity index (χ1) is 18.0. The molecule has 1 aliphatic heterocycles. The Kier molecular flexibility index (Phi) is 7.40. The number of amides is 1. The van der Waals surface area contributed by atoms with Gasteiger partial charge in [-0.15, -0.1) is 6.58 Å². The van der Waals surface area contributed by atoms with Gasteiger partial charge in [0, 0.05) is 31.1 Å². The lowest BCUT2D eigenvalue weighted by atomic mass is 10.1. The molecule has 1 unspecified atom stereocenters. The number of imidazole rings is 1. The molecule has 0 aliphatic carbocycles. The summed E-state index contributed by atoms with van der Waals surface area (Å²) in [4.78, 5) is 20.0. The number of carbonyl (C=O) groups is 1. The van der Waals surface area contributed by atoms with Crippen molar-refractivity contribution >= 4 is 22.6 Å². The lowest BCUT2D eigenvalue weighted by Gasteiger charge is -2.19. The quantitative estimate of drug-likeness (QED) is 0.181. The standard InChI is InChI=1S/C32H35N3O2/c1-4-11-25-12-5-8-15-30(25)37-17-10-9-16-34-29-14-7-6-13-28(29)33-32(34)26-21-31(36)35(22-26)27-19-23(2)18-24(3)20-27/h4-8,12-15,18-20,26H,1,9-11,16-17,21-22H2,2-3H3. The fraction of sp³-hybridized carbons (Fsp3) is 0.312. The average Bonchev–Trinajstić information content (AvgIpc) is 3.45. The lowest BCUT2D eigenvalue weighted by Crippen LogP contribution is -2.24. The second-order valence-electron chi connectivity index (χ2n) is 10.0. The van der Waals surface area contributed by atoms with Gasteiger partial charge in [0.25, 0.3) is 0 Å². The van der Waals surface area contributed by atoms with Gasteiger partial charge in [0.15, 0.2) is 0 Å². The van der Waals surface area contributed by atoms with Gasteiger partial charge < -0.3 is 14.2 Å². The lowest BCUT2D eigenvalue weighted by molar-refractivity contribution is -0.117. The number of para-hydroxylation sites is 3. The number of aromatic nitrogens is 2. The van der Waals surface area contributed by atoms with E-state index in [2.05, 4.69) is 67.5 Å². The molecular weight excluding hydrogens is 458 g/mol. The zero-order valence-corrected chi connectivity index (χ0v) is 21.8. The van der Waals surface area contributed by atoms with Gasteiger partial charge in [-0.25, -0.2) is 4.98 Å². The van der Waals surface area contributed by atoms with E-state index in [9.17, 15) is 4.79 Å². The third-order valence-electron chi connectivity index (χ3n) is 7.06. The highest BCUT2D eigenvalue weighted by Gasteiger charge is 2.35. The normalized spacial score (nSPS) is 15.5. The van der Waals surface area contributed by atoms with Crippen LogP contribution in [-0.2, 0) is 17.8 Å². The Bertz CT molecular complexity index is 1400. The number of hydrogen-bond donors (Lipinski definition) is 0. The van der Waals surface area contributed by atoms with Gasteiger partial charge in [0.1, 0.15) is 11.6 Å². The number of carbonyl (C=O) groups excluding carboxylic acids is 1. The summed E-state index contributed by atoms with van der Waals surface area (Å²) in [5.41, 5.74) is 6.62. The third kappa shape index (κ3) is 5.46. The van der Waals surface area contributed by atoms with Crippen molar-refractivity contribution in [1.82, 2.24) is 9.55 Å². The molecule has 0 saturated carbocycles. The first kappa shape index (κ1) is 24.8. The maximum Gasteiger partial charge on any atom is 0.227 e. The first-order valence-corrected chi connectivity index (χ1v) is 13.2. The number of unbranched alkanes of at least 4 members (excludes halogenated alkanes) is 1. The van der Waals surface area contributed by atoms with E-state index in [-0.39, 0.29) is 11.8 Å². The molecule has 1 fully saturated rings. The van der Waals surface area contributed by atoms with Crippen LogP contribution < -0.4 is 9.64 Å². The fourth-order valence-electron chi connectivity index (χ4n) is 5.40. The topological polar surface area (TPSA) is 47.4 Å². The van der Waals surface area contributed by atoms with E-state index in [1.165, 1.54) is 16.7 Å². The van der Waals surface area contributed by atoms with Crippen LogP contribution in [0.5, 0.6) is 5.75 Å². The molecule has 1 atom stereocenters. The van der Waals surface area contributed by atoms with E-state index in [1.807, 2.05) is 35.2 Å². The zero-order chi connectivity index (χ0) is 25.8. The summed E-state index contributed by atoms with van der Waals surface area (Å²) in [6.45, 7) is 10.2. The van der Waals surface area contributed by atoms with Crippen LogP contribution >= 0.6 is 0 Å². The SMILES string of the molecule is C=CCc1ccccc1OCCCCn1c(C2CC(=O)N(c3cc(C)cc(C)c3)C2)nc2ccccc21.